The fourth-order valence-electron chi connectivity index (χ4n) is 3.82. The van der Waals surface area contributed by atoms with Gasteiger partial charge in [0.15, 0.2) is 0 Å². The van der Waals surface area contributed by atoms with Gasteiger partial charge in [0.25, 0.3) is 0 Å². The topological polar surface area (TPSA) is 105 Å². The molecule has 0 bridgehead atoms. The van der Waals surface area contributed by atoms with Crippen LogP contribution < -0.4 is 0 Å². The van der Waals surface area contributed by atoms with Crippen LogP contribution in [0, 0.1) is 0 Å². The molecule has 0 amide bonds. The molecule has 0 N–H and O–H groups in total. The summed E-state index contributed by atoms with van der Waals surface area (Å²) in [5, 5.41) is 0. The Morgan fingerprint density at radius 1 is 0.350 bits per heavy atom. The Morgan fingerprint density at radius 3 is 0.925 bits per heavy atom. The molecule has 40 heavy (non-hydrogen) atoms. The van der Waals surface area contributed by atoms with Crippen molar-refractivity contribution in [2.24, 2.45) is 0 Å². The van der Waals surface area contributed by atoms with Gasteiger partial charge in [-0.25, -0.2) is 0 Å². The lowest BCUT2D eigenvalue weighted by atomic mass is 10.1. The molecule has 0 aromatic heterocycles. The summed E-state index contributed by atoms with van der Waals surface area (Å²) in [6.45, 7) is 9.85. The average Bonchev–Trinajstić information content (AvgIpc) is 2.93. The molecular formula is C32H60O8. The van der Waals surface area contributed by atoms with Crippen molar-refractivity contribution in [3.63, 3.8) is 0 Å². The highest BCUT2D eigenvalue weighted by Gasteiger charge is 2.07. The zero-order valence-electron chi connectivity index (χ0n) is 26.2. The molecule has 0 aliphatic carbocycles. The van der Waals surface area contributed by atoms with E-state index in [-0.39, 0.29) is 23.9 Å². The minimum absolute atomic E-state index is 0.140. The zero-order valence-corrected chi connectivity index (χ0v) is 26.2. The van der Waals surface area contributed by atoms with Crippen molar-refractivity contribution in [2.45, 2.75) is 156 Å². The van der Waals surface area contributed by atoms with E-state index >= 15 is 0 Å². The van der Waals surface area contributed by atoms with Gasteiger partial charge < -0.3 is 18.9 Å². The van der Waals surface area contributed by atoms with Crippen LogP contribution >= 0.6 is 0 Å². The summed E-state index contributed by atoms with van der Waals surface area (Å²) in [4.78, 5) is 45.0. The van der Waals surface area contributed by atoms with Crippen LogP contribution in [0.15, 0.2) is 0 Å². The summed E-state index contributed by atoms with van der Waals surface area (Å²) in [6, 6.07) is 0. The molecular weight excluding hydrogens is 512 g/mol. The standard InChI is InChI=1S/C22H42O4.C10H18O4/c1-3-5-7-9-11-15-19-25-21(23)17-13-14-18-22(24)26-20-16-12-10-8-6-4-2;1-3-13-9(11)7-5-6-8-10(12)14-4-2/h3-20H2,1-2H3;3-8H2,1-2H3. The molecule has 0 aliphatic rings. The second-order valence-corrected chi connectivity index (χ2v) is 10.0. The van der Waals surface area contributed by atoms with Gasteiger partial charge in [-0.2, -0.15) is 0 Å². The predicted molar refractivity (Wildman–Crippen MR) is 159 cm³/mol. The fourth-order valence-corrected chi connectivity index (χ4v) is 3.82. The number of hydrogen-bond acceptors (Lipinski definition) is 8. The van der Waals surface area contributed by atoms with Gasteiger partial charge >= 0.3 is 23.9 Å². The van der Waals surface area contributed by atoms with Gasteiger partial charge in [-0.1, -0.05) is 78.1 Å². The first-order valence-corrected chi connectivity index (χ1v) is 16.0. The van der Waals surface area contributed by atoms with Crippen LogP contribution in [0.3, 0.4) is 0 Å². The van der Waals surface area contributed by atoms with E-state index in [1.54, 1.807) is 13.8 Å². The third-order valence-corrected chi connectivity index (χ3v) is 6.16. The smallest absolute Gasteiger partial charge is 0.305 e. The van der Waals surface area contributed by atoms with Crippen LogP contribution in [0.2, 0.25) is 0 Å². The van der Waals surface area contributed by atoms with E-state index in [1.807, 2.05) is 0 Å². The number of rotatable bonds is 26. The minimum Gasteiger partial charge on any atom is -0.466 e. The van der Waals surface area contributed by atoms with E-state index in [0.717, 1.165) is 25.7 Å². The fraction of sp³-hybridized carbons (Fsp3) is 0.875. The maximum absolute atomic E-state index is 11.6. The molecule has 0 spiro atoms. The van der Waals surface area contributed by atoms with Gasteiger partial charge in [0.05, 0.1) is 26.4 Å². The van der Waals surface area contributed by atoms with Crippen LogP contribution in [0.25, 0.3) is 0 Å². The third kappa shape index (κ3) is 33.9. The maximum Gasteiger partial charge on any atom is 0.305 e. The van der Waals surface area contributed by atoms with Crippen LogP contribution in [0.4, 0.5) is 0 Å². The zero-order chi connectivity index (χ0) is 30.1. The van der Waals surface area contributed by atoms with Crippen molar-refractivity contribution >= 4 is 23.9 Å². The predicted octanol–water partition coefficient (Wildman–Crippen LogP) is 8.03. The van der Waals surface area contributed by atoms with E-state index in [2.05, 4.69) is 13.8 Å². The first-order chi connectivity index (χ1) is 19.4. The SMILES string of the molecule is CCCCCCCCOC(=O)CCCCC(=O)OCCCCCCCC.CCOC(=O)CCCCC(=O)OCC. The molecule has 0 aliphatic heterocycles. The number of hydrogen-bond donors (Lipinski definition) is 0. The highest BCUT2D eigenvalue weighted by atomic mass is 16.5. The monoisotopic (exact) mass is 572 g/mol. The Balaban J connectivity index is 0. The van der Waals surface area contributed by atoms with E-state index in [1.165, 1.54) is 51.4 Å². The third-order valence-electron chi connectivity index (χ3n) is 6.16. The number of esters is 4. The molecule has 0 radical (unpaired) electrons. The van der Waals surface area contributed by atoms with Gasteiger partial charge in [0.1, 0.15) is 0 Å². The number of ether oxygens (including phenoxy) is 4. The normalized spacial score (nSPS) is 10.3. The lowest BCUT2D eigenvalue weighted by molar-refractivity contribution is -0.146. The quantitative estimate of drug-likeness (QED) is 0.0583. The highest BCUT2D eigenvalue weighted by molar-refractivity contribution is 5.71. The molecule has 0 aromatic rings. The Labute approximate surface area is 244 Å². The molecule has 0 aromatic carbocycles. The van der Waals surface area contributed by atoms with Crippen LogP contribution in [0.1, 0.15) is 156 Å². The summed E-state index contributed by atoms with van der Waals surface area (Å²) in [6.07, 6.45) is 18.6. The molecule has 0 heterocycles. The molecule has 0 saturated carbocycles. The maximum atomic E-state index is 11.6. The second-order valence-electron chi connectivity index (χ2n) is 10.0. The van der Waals surface area contributed by atoms with Crippen molar-refractivity contribution in [1.82, 2.24) is 0 Å². The Bertz CT molecular complexity index is 554. The summed E-state index contributed by atoms with van der Waals surface area (Å²) >= 11 is 0. The number of carbonyl (C=O) groups excluding carboxylic acids is 4. The van der Waals surface area contributed by atoms with E-state index in [9.17, 15) is 19.2 Å². The van der Waals surface area contributed by atoms with Gasteiger partial charge in [0.2, 0.25) is 0 Å². The average molecular weight is 573 g/mol. The summed E-state index contributed by atoms with van der Waals surface area (Å²) in [5.74, 6) is -0.675. The van der Waals surface area contributed by atoms with Crippen LogP contribution in [-0.4, -0.2) is 50.3 Å². The molecule has 0 unspecified atom stereocenters. The van der Waals surface area contributed by atoms with Gasteiger partial charge in [-0.05, 0) is 52.4 Å². The van der Waals surface area contributed by atoms with Gasteiger partial charge in [0, 0.05) is 25.7 Å². The molecule has 0 rings (SSSR count). The van der Waals surface area contributed by atoms with Crippen LogP contribution in [-0.2, 0) is 38.1 Å². The molecule has 0 saturated heterocycles. The Morgan fingerprint density at radius 2 is 0.625 bits per heavy atom. The molecule has 0 fully saturated rings. The van der Waals surface area contributed by atoms with Crippen molar-refractivity contribution in [2.75, 3.05) is 26.4 Å². The van der Waals surface area contributed by atoms with E-state index in [0.29, 0.717) is 77.8 Å². The number of unbranched alkanes of at least 4 members (excludes halogenated alkanes) is 12. The van der Waals surface area contributed by atoms with E-state index < -0.39 is 0 Å². The van der Waals surface area contributed by atoms with Crippen LogP contribution in [0.5, 0.6) is 0 Å². The molecule has 236 valence electrons. The molecule has 0 atom stereocenters. The van der Waals surface area contributed by atoms with Crippen molar-refractivity contribution in [1.29, 1.82) is 0 Å². The highest BCUT2D eigenvalue weighted by Crippen LogP contribution is 2.08. The summed E-state index contributed by atoms with van der Waals surface area (Å²) in [5.41, 5.74) is 0. The Hall–Kier alpha value is -2.12. The first kappa shape index (κ1) is 40.0. The lowest BCUT2D eigenvalue weighted by Gasteiger charge is -2.06. The summed E-state index contributed by atoms with van der Waals surface area (Å²) in [7, 11) is 0. The van der Waals surface area contributed by atoms with Gasteiger partial charge in [-0.15, -0.1) is 0 Å². The molecule has 8 nitrogen and oxygen atoms in total. The first-order valence-electron chi connectivity index (χ1n) is 16.0. The van der Waals surface area contributed by atoms with E-state index in [4.69, 9.17) is 18.9 Å². The van der Waals surface area contributed by atoms with Crippen molar-refractivity contribution < 1.29 is 38.1 Å². The van der Waals surface area contributed by atoms with Gasteiger partial charge in [-0.3, -0.25) is 19.2 Å². The summed E-state index contributed by atoms with van der Waals surface area (Å²) < 4.78 is 19.9. The van der Waals surface area contributed by atoms with Crippen molar-refractivity contribution in [3.05, 3.63) is 0 Å². The molecule has 8 heteroatoms. The lowest BCUT2D eigenvalue weighted by Crippen LogP contribution is -2.08. The number of carbonyl (C=O) groups is 4. The van der Waals surface area contributed by atoms with Crippen molar-refractivity contribution in [3.8, 4) is 0 Å². The largest absolute Gasteiger partial charge is 0.466 e. The Kier molecular flexibility index (Phi) is 33.1. The second kappa shape index (κ2) is 33.1. The minimum atomic E-state index is -0.198.